The van der Waals surface area contributed by atoms with Crippen molar-refractivity contribution in [3.8, 4) is 5.75 Å². The van der Waals surface area contributed by atoms with E-state index in [1.807, 2.05) is 36.4 Å². The van der Waals surface area contributed by atoms with Gasteiger partial charge in [-0.25, -0.2) is 4.79 Å². The summed E-state index contributed by atoms with van der Waals surface area (Å²) >= 11 is 0. The van der Waals surface area contributed by atoms with E-state index in [0.29, 0.717) is 28.1 Å². The quantitative estimate of drug-likeness (QED) is 0.644. The molecular formula is C21H21NO4. The number of rotatable bonds is 5. The van der Waals surface area contributed by atoms with E-state index >= 15 is 0 Å². The van der Waals surface area contributed by atoms with Gasteiger partial charge in [0, 0.05) is 11.6 Å². The summed E-state index contributed by atoms with van der Waals surface area (Å²) in [6.45, 7) is 4.03. The number of methoxy groups -OCH3 is 1. The minimum Gasteiger partial charge on any atom is -0.483 e. The van der Waals surface area contributed by atoms with Crippen molar-refractivity contribution in [1.29, 1.82) is 0 Å². The van der Waals surface area contributed by atoms with Crippen LogP contribution in [0.4, 0.5) is 0 Å². The van der Waals surface area contributed by atoms with Crippen molar-refractivity contribution in [3.05, 3.63) is 65.9 Å². The Kier molecular flexibility index (Phi) is 5.07. The van der Waals surface area contributed by atoms with Gasteiger partial charge in [-0.15, -0.1) is 0 Å². The van der Waals surface area contributed by atoms with Crippen LogP contribution < -0.4 is 4.74 Å². The maximum Gasteiger partial charge on any atom is 0.340 e. The molecule has 1 heterocycles. The van der Waals surface area contributed by atoms with Crippen LogP contribution in [0.2, 0.25) is 0 Å². The molecule has 3 rings (SSSR count). The van der Waals surface area contributed by atoms with E-state index in [1.165, 1.54) is 17.9 Å². The Balaban J connectivity index is 1.88. The monoisotopic (exact) mass is 351 g/mol. The second-order valence-electron chi connectivity index (χ2n) is 6.30. The molecule has 0 aliphatic carbocycles. The lowest BCUT2D eigenvalue weighted by atomic mass is 10.0. The molecule has 0 bridgehead atoms. The molecule has 0 amide bonds. The molecule has 0 N–H and O–H groups in total. The molecule has 0 unspecified atom stereocenters. The van der Waals surface area contributed by atoms with Crippen LogP contribution in [0.3, 0.4) is 0 Å². The number of fused-ring (bicyclic) bond motifs is 1. The van der Waals surface area contributed by atoms with E-state index in [-0.39, 0.29) is 12.5 Å². The Hall–Kier alpha value is -3.08. The first-order valence-corrected chi connectivity index (χ1v) is 8.46. The third-order valence-corrected chi connectivity index (χ3v) is 4.28. The molecule has 5 heteroatoms. The second kappa shape index (κ2) is 7.44. The van der Waals surface area contributed by atoms with Crippen molar-refractivity contribution in [2.45, 2.75) is 19.8 Å². The van der Waals surface area contributed by atoms with Crippen LogP contribution in [-0.2, 0) is 4.74 Å². The number of para-hydroxylation sites is 2. The summed E-state index contributed by atoms with van der Waals surface area (Å²) in [6, 6.07) is 14.9. The number of nitrogens with zero attached hydrogens (tertiary/aromatic N) is 1. The summed E-state index contributed by atoms with van der Waals surface area (Å²) < 4.78 is 12.0. The number of hydrogen-bond acceptors (Lipinski definition) is 4. The number of benzene rings is 2. The normalized spacial score (nSPS) is 10.9. The van der Waals surface area contributed by atoms with E-state index in [2.05, 4.69) is 13.8 Å². The van der Waals surface area contributed by atoms with E-state index in [0.717, 1.165) is 5.56 Å². The van der Waals surface area contributed by atoms with Crippen LogP contribution in [0, 0.1) is 0 Å². The highest BCUT2D eigenvalue weighted by Crippen LogP contribution is 2.26. The topological polar surface area (TPSA) is 57.5 Å². The smallest absolute Gasteiger partial charge is 0.340 e. The predicted molar refractivity (Wildman–Crippen MR) is 99.9 cm³/mol. The molecular weight excluding hydrogens is 330 g/mol. The molecule has 0 atom stereocenters. The summed E-state index contributed by atoms with van der Waals surface area (Å²) in [5, 5.41) is 0.676. The predicted octanol–water partition coefficient (Wildman–Crippen LogP) is 4.27. The number of esters is 1. The van der Waals surface area contributed by atoms with Gasteiger partial charge in [0.1, 0.15) is 5.75 Å². The van der Waals surface area contributed by atoms with E-state index < -0.39 is 5.97 Å². The molecule has 0 saturated heterocycles. The van der Waals surface area contributed by atoms with Crippen molar-refractivity contribution >= 4 is 22.8 Å². The summed E-state index contributed by atoms with van der Waals surface area (Å²) in [4.78, 5) is 24.7. The van der Waals surface area contributed by atoms with Gasteiger partial charge < -0.3 is 9.47 Å². The van der Waals surface area contributed by atoms with E-state index in [4.69, 9.17) is 9.47 Å². The molecule has 0 fully saturated rings. The van der Waals surface area contributed by atoms with Gasteiger partial charge in [-0.05, 0) is 23.6 Å². The van der Waals surface area contributed by atoms with Gasteiger partial charge in [0.15, 0.2) is 6.61 Å². The average molecular weight is 351 g/mol. The lowest BCUT2D eigenvalue weighted by Gasteiger charge is -2.13. The average Bonchev–Trinajstić information content (AvgIpc) is 3.05. The van der Waals surface area contributed by atoms with Crippen molar-refractivity contribution in [2.75, 3.05) is 13.7 Å². The zero-order chi connectivity index (χ0) is 18.7. The number of carbonyl (C=O) groups excluding carboxylic acids is 2. The third kappa shape index (κ3) is 3.33. The van der Waals surface area contributed by atoms with Crippen LogP contribution in [0.1, 0.15) is 40.5 Å². The first-order valence-electron chi connectivity index (χ1n) is 8.46. The van der Waals surface area contributed by atoms with E-state index in [1.54, 1.807) is 12.1 Å². The lowest BCUT2D eigenvalue weighted by Crippen LogP contribution is -2.19. The van der Waals surface area contributed by atoms with Crippen molar-refractivity contribution in [1.82, 2.24) is 4.57 Å². The van der Waals surface area contributed by atoms with Gasteiger partial charge in [-0.2, -0.15) is 0 Å². The van der Waals surface area contributed by atoms with Crippen molar-refractivity contribution in [3.63, 3.8) is 0 Å². The number of aromatic nitrogens is 1. The maximum absolute atomic E-state index is 12.7. The zero-order valence-corrected chi connectivity index (χ0v) is 15.1. The van der Waals surface area contributed by atoms with Crippen LogP contribution >= 0.6 is 0 Å². The Morgan fingerprint density at radius 2 is 1.73 bits per heavy atom. The summed E-state index contributed by atoms with van der Waals surface area (Å²) in [6.07, 6.45) is 1.51. The summed E-state index contributed by atoms with van der Waals surface area (Å²) in [5.74, 6) is 0.258. The van der Waals surface area contributed by atoms with Crippen LogP contribution in [0.15, 0.2) is 54.7 Å². The zero-order valence-electron chi connectivity index (χ0n) is 15.1. The molecule has 26 heavy (non-hydrogen) atoms. The molecule has 1 aromatic heterocycles. The van der Waals surface area contributed by atoms with Gasteiger partial charge in [0.2, 0.25) is 0 Å². The van der Waals surface area contributed by atoms with Crippen LogP contribution in [0.5, 0.6) is 5.75 Å². The molecule has 5 nitrogen and oxygen atoms in total. The van der Waals surface area contributed by atoms with Gasteiger partial charge in [-0.3, -0.25) is 9.36 Å². The van der Waals surface area contributed by atoms with Gasteiger partial charge in [0.05, 0.1) is 18.2 Å². The SMILES string of the molecule is COC(=O)c1cn(C(=O)COc2ccccc2C(C)C)c2ccccc12. The summed E-state index contributed by atoms with van der Waals surface area (Å²) in [7, 11) is 1.32. The fraction of sp³-hybridized carbons (Fsp3) is 0.238. The molecule has 2 aromatic carbocycles. The molecule has 0 spiro atoms. The first-order chi connectivity index (χ1) is 12.5. The molecule has 0 saturated carbocycles. The highest BCUT2D eigenvalue weighted by atomic mass is 16.5. The Morgan fingerprint density at radius 3 is 2.46 bits per heavy atom. The Labute approximate surface area is 152 Å². The minimum atomic E-state index is -0.473. The molecule has 134 valence electrons. The van der Waals surface area contributed by atoms with Crippen LogP contribution in [0.25, 0.3) is 10.9 Å². The maximum atomic E-state index is 12.7. The van der Waals surface area contributed by atoms with Gasteiger partial charge in [-0.1, -0.05) is 50.2 Å². The first kappa shape index (κ1) is 17.7. The molecule has 3 aromatic rings. The fourth-order valence-corrected chi connectivity index (χ4v) is 2.96. The standard InChI is InChI=1S/C21H21NO4/c1-14(2)15-8-5-7-11-19(15)26-13-20(23)22-12-17(21(24)25-3)16-9-4-6-10-18(16)22/h4-12,14H,13H2,1-3H3. The van der Waals surface area contributed by atoms with Crippen LogP contribution in [-0.4, -0.2) is 30.2 Å². The van der Waals surface area contributed by atoms with Crippen molar-refractivity contribution < 1.29 is 19.1 Å². The van der Waals surface area contributed by atoms with Gasteiger partial charge in [0.25, 0.3) is 5.91 Å². The number of hydrogen-bond donors (Lipinski definition) is 0. The molecule has 0 radical (unpaired) electrons. The molecule has 0 aliphatic rings. The Bertz CT molecular complexity index is 956. The summed E-state index contributed by atoms with van der Waals surface area (Å²) in [5.41, 5.74) is 2.06. The molecule has 0 aliphatic heterocycles. The highest BCUT2D eigenvalue weighted by Gasteiger charge is 2.19. The highest BCUT2D eigenvalue weighted by molar-refractivity contribution is 6.07. The lowest BCUT2D eigenvalue weighted by molar-refractivity contribution is 0.0603. The fourth-order valence-electron chi connectivity index (χ4n) is 2.96. The minimum absolute atomic E-state index is 0.122. The largest absolute Gasteiger partial charge is 0.483 e. The van der Waals surface area contributed by atoms with Gasteiger partial charge >= 0.3 is 5.97 Å². The van der Waals surface area contributed by atoms with Crippen molar-refractivity contribution in [2.24, 2.45) is 0 Å². The third-order valence-electron chi connectivity index (χ3n) is 4.28. The Morgan fingerprint density at radius 1 is 1.04 bits per heavy atom. The van der Waals surface area contributed by atoms with E-state index in [9.17, 15) is 9.59 Å². The number of carbonyl (C=O) groups is 2. The second-order valence-corrected chi connectivity index (χ2v) is 6.30. The number of ether oxygens (including phenoxy) is 2.